The van der Waals surface area contributed by atoms with Gasteiger partial charge in [0, 0.05) is 89.6 Å². The second-order valence-corrected chi connectivity index (χ2v) is 23.8. The summed E-state index contributed by atoms with van der Waals surface area (Å²) in [5, 5.41) is 6.55. The highest BCUT2D eigenvalue weighted by molar-refractivity contribution is 6.23. The summed E-state index contributed by atoms with van der Waals surface area (Å²) >= 11 is 5.51. The van der Waals surface area contributed by atoms with Crippen LogP contribution in [0.3, 0.4) is 0 Å². The molecule has 0 atom stereocenters. The third-order valence-electron chi connectivity index (χ3n) is 17.3. The number of carbonyl (C=O) groups excluding carboxylic acids is 5. The highest BCUT2D eigenvalue weighted by Gasteiger charge is 2.36. The van der Waals surface area contributed by atoms with E-state index in [1.165, 1.54) is 86.3 Å². The number of aromatic amines is 1. The summed E-state index contributed by atoms with van der Waals surface area (Å²) < 4.78 is 66.3. The third-order valence-corrected chi connectivity index (χ3v) is 17.5. The number of nitrogens with one attached hydrogen (secondary N) is 2. The molecule has 5 amide bonds. The molecule has 9 aromatic heterocycles. The Balaban J connectivity index is 0.000000118. The molecule has 103 heavy (non-hydrogen) atoms. The number of rotatable bonds is 11. The number of aromatic nitrogens is 10. The average molecular weight is 1410 g/mol. The average Bonchev–Trinajstić information content (AvgIpc) is 1.77. The first-order chi connectivity index (χ1) is 49.7. The van der Waals surface area contributed by atoms with Crippen molar-refractivity contribution in [3.63, 3.8) is 0 Å². The third kappa shape index (κ3) is 13.0. The number of carbonyl (C=O) groups is 5. The van der Waals surface area contributed by atoms with E-state index in [0.717, 1.165) is 20.6 Å². The predicted molar refractivity (Wildman–Crippen MR) is 378 cm³/mol. The first kappa shape index (κ1) is 68.4. The van der Waals surface area contributed by atoms with E-state index in [4.69, 9.17) is 17.3 Å². The fourth-order valence-corrected chi connectivity index (χ4v) is 12.7. The Kier molecular flexibility index (Phi) is 19.0. The van der Waals surface area contributed by atoms with Crippen LogP contribution in [0.1, 0.15) is 51.9 Å². The van der Waals surface area contributed by atoms with Crippen LogP contribution in [-0.2, 0) is 26.7 Å². The van der Waals surface area contributed by atoms with Gasteiger partial charge in [0.15, 0.2) is 0 Å². The lowest BCUT2D eigenvalue weighted by Crippen LogP contribution is -2.35. The standard InChI is InChI=1S/C21H14FN3O3.C19H16FN5O3.C13H12FN3O.C11H7FN2O.C10H8ClNO2/c22-13-7-8-16-18(12-13)24(21(28)17-6-3-9-23(16)17)10-11-25-19(26)14-4-1-2-5-15(14)20(25)27;1-23-17(26)7-5-13(22-23)18(27)21-8-10-25-16-11-12(20)4-6-14(16)24-9-2-3-15(24)19(25)28;14-9-3-4-10-12(8-9)17(7-5-15)13(18)11-2-1-6-16(10)11;12-7-3-4-9-8(6-7)13-11(15)10-2-1-5-14(9)10;11-5-6-12-9(13)7-3-1-2-4-8(7)10(12)14/h1-9,12H,10-11H2;2-7,9,11H,8,10H2,1H3,(H,21,27);1-4,6,8H,5,7,15H2;1-6H,(H,13,15);1-4H,5-6H2. The molecule has 24 nitrogen and oxygen atoms in total. The summed E-state index contributed by atoms with van der Waals surface area (Å²) in [4.78, 5) is 127. The van der Waals surface area contributed by atoms with Crippen molar-refractivity contribution in [2.45, 2.75) is 19.6 Å². The molecule has 0 radical (unpaired) electrons. The molecule has 0 aliphatic carbocycles. The Labute approximate surface area is 581 Å². The van der Waals surface area contributed by atoms with E-state index in [1.54, 1.807) is 164 Å². The Hall–Kier alpha value is -13.1. The van der Waals surface area contributed by atoms with Crippen LogP contribution in [-0.4, -0.2) is 117 Å². The van der Waals surface area contributed by atoms with Gasteiger partial charge in [-0.25, -0.2) is 22.2 Å². The summed E-state index contributed by atoms with van der Waals surface area (Å²) in [6.07, 6.45) is 7.06. The summed E-state index contributed by atoms with van der Waals surface area (Å²) in [5.41, 5.74) is 12.9. The van der Waals surface area contributed by atoms with E-state index < -0.39 is 17.5 Å². The molecule has 518 valence electrons. The number of amides is 5. The molecule has 0 bridgehead atoms. The predicted octanol–water partition coefficient (Wildman–Crippen LogP) is 8.40. The summed E-state index contributed by atoms with van der Waals surface area (Å²) in [5.74, 6) is -3.09. The number of hydrogen-bond donors (Lipinski definition) is 3. The molecule has 29 heteroatoms. The number of nitrogens with zero attached hydrogens (tertiary/aromatic N) is 11. The summed E-state index contributed by atoms with van der Waals surface area (Å²) in [6.45, 7) is 1.36. The maximum Gasteiger partial charge on any atom is 0.275 e. The molecule has 0 spiro atoms. The van der Waals surface area contributed by atoms with Gasteiger partial charge >= 0.3 is 0 Å². The normalized spacial score (nSPS) is 12.4. The van der Waals surface area contributed by atoms with Crippen molar-refractivity contribution in [1.29, 1.82) is 0 Å². The number of halogens is 5. The summed E-state index contributed by atoms with van der Waals surface area (Å²) in [6, 6.07) is 47.2. The number of aryl methyl sites for hydroxylation is 1. The first-order valence-electron chi connectivity index (χ1n) is 31.9. The van der Waals surface area contributed by atoms with Gasteiger partial charge in [-0.05, 0) is 152 Å². The molecular formula is C74H57ClF4N14O10. The van der Waals surface area contributed by atoms with E-state index >= 15 is 0 Å². The van der Waals surface area contributed by atoms with Gasteiger partial charge in [-0.1, -0.05) is 24.3 Å². The lowest BCUT2D eigenvalue weighted by atomic mass is 10.1. The zero-order chi connectivity index (χ0) is 72.5. The minimum Gasteiger partial charge on any atom is -0.349 e. The molecule has 11 heterocycles. The van der Waals surface area contributed by atoms with Crippen molar-refractivity contribution in [2.24, 2.45) is 12.8 Å². The SMILES string of the molecule is Cn1nc(C(=O)NCCn2c(=O)c3cccn3c3ccc(F)cc32)ccc1=O.NCCn1c(=O)c2cccn2c2ccc(F)cc21.O=C1c2ccccc2C(=O)N1CCCl.O=C1c2ccccc2C(=O)N1CCn1c(=O)c2cccn2c2ccc(F)cc21.O=c1[nH]c2cc(F)ccc2n2cccc12. The molecule has 0 saturated carbocycles. The van der Waals surface area contributed by atoms with Gasteiger partial charge in [-0.15, -0.1) is 11.6 Å². The van der Waals surface area contributed by atoms with Crippen molar-refractivity contribution < 1.29 is 41.5 Å². The van der Waals surface area contributed by atoms with E-state index in [-0.39, 0.29) is 107 Å². The van der Waals surface area contributed by atoms with E-state index in [0.29, 0.717) is 90.5 Å². The zero-order valence-corrected chi connectivity index (χ0v) is 55.0. The Morgan fingerprint density at radius 2 is 0.816 bits per heavy atom. The molecule has 17 rings (SSSR count). The minimum absolute atomic E-state index is 0.0226. The van der Waals surface area contributed by atoms with E-state index in [9.17, 15) is 65.5 Å². The molecule has 2 aliphatic heterocycles. The number of benzene rings is 6. The Morgan fingerprint density at radius 1 is 0.427 bits per heavy atom. The summed E-state index contributed by atoms with van der Waals surface area (Å²) in [7, 11) is 1.45. The van der Waals surface area contributed by atoms with Crippen LogP contribution in [0.4, 0.5) is 17.6 Å². The van der Waals surface area contributed by atoms with Gasteiger partial charge in [0.1, 0.15) is 51.0 Å². The lowest BCUT2D eigenvalue weighted by molar-refractivity contribution is 0.0639. The van der Waals surface area contributed by atoms with Crippen LogP contribution in [0.5, 0.6) is 0 Å². The highest BCUT2D eigenvalue weighted by Crippen LogP contribution is 2.26. The van der Waals surface area contributed by atoms with Crippen molar-refractivity contribution in [3.05, 3.63) is 310 Å². The topological polar surface area (TPSA) is 281 Å². The van der Waals surface area contributed by atoms with Crippen LogP contribution in [0.25, 0.3) is 66.2 Å². The number of alkyl halides is 1. The first-order valence-corrected chi connectivity index (χ1v) is 32.4. The molecule has 4 N–H and O–H groups in total. The molecule has 2 aliphatic rings. The minimum atomic E-state index is -0.470. The van der Waals surface area contributed by atoms with E-state index in [1.807, 2.05) is 0 Å². The van der Waals surface area contributed by atoms with Crippen LogP contribution in [0.15, 0.2) is 231 Å². The molecule has 6 aromatic carbocycles. The van der Waals surface area contributed by atoms with Crippen molar-refractivity contribution in [3.8, 4) is 0 Å². The van der Waals surface area contributed by atoms with Gasteiger partial charge in [0.2, 0.25) is 0 Å². The fraction of sp³-hybridized carbons (Fsp3) is 0.122. The monoisotopic (exact) mass is 1410 g/mol. The van der Waals surface area contributed by atoms with Crippen LogP contribution < -0.4 is 38.8 Å². The molecule has 0 saturated heterocycles. The Bertz CT molecular complexity index is 6220. The molecule has 0 unspecified atom stereocenters. The number of nitrogens with two attached hydrogens (primary N) is 1. The van der Waals surface area contributed by atoms with Crippen molar-refractivity contribution in [2.75, 3.05) is 32.1 Å². The number of H-pyrrole nitrogens is 1. The van der Waals surface area contributed by atoms with Gasteiger partial charge in [-0.3, -0.25) is 57.7 Å². The van der Waals surface area contributed by atoms with Crippen molar-refractivity contribution >= 4 is 107 Å². The lowest BCUT2D eigenvalue weighted by Gasteiger charge is -2.17. The van der Waals surface area contributed by atoms with Crippen molar-refractivity contribution in [1.82, 2.24) is 61.2 Å². The maximum atomic E-state index is 13.9. The Morgan fingerprint density at radius 3 is 1.24 bits per heavy atom. The fourth-order valence-electron chi connectivity index (χ4n) is 12.5. The van der Waals surface area contributed by atoms with Gasteiger partial charge < -0.3 is 47.3 Å². The highest BCUT2D eigenvalue weighted by atomic mass is 35.5. The second kappa shape index (κ2) is 28.6. The van der Waals surface area contributed by atoms with Gasteiger partial charge in [0.25, 0.3) is 57.3 Å². The van der Waals surface area contributed by atoms with Crippen LogP contribution in [0.2, 0.25) is 0 Å². The van der Waals surface area contributed by atoms with Gasteiger partial charge in [0.05, 0.1) is 66.4 Å². The number of imide groups is 2. The zero-order valence-electron chi connectivity index (χ0n) is 54.3. The molecular weight excluding hydrogens is 1360 g/mol. The second-order valence-electron chi connectivity index (χ2n) is 23.5. The maximum absolute atomic E-state index is 13.9. The van der Waals surface area contributed by atoms with Crippen LogP contribution >= 0.6 is 11.6 Å². The number of hydrogen-bond acceptors (Lipinski definition) is 12. The largest absolute Gasteiger partial charge is 0.349 e. The van der Waals surface area contributed by atoms with Crippen LogP contribution in [0, 0.1) is 23.3 Å². The van der Waals surface area contributed by atoms with Gasteiger partial charge in [-0.2, -0.15) is 5.10 Å². The quantitative estimate of drug-likeness (QED) is 0.0625. The smallest absolute Gasteiger partial charge is 0.275 e. The molecule has 0 fully saturated rings. The van der Waals surface area contributed by atoms with E-state index in [2.05, 4.69) is 15.4 Å². The molecule has 15 aromatic rings. The number of fused-ring (bicyclic) bond motifs is 14.